The normalized spacial score (nSPS) is 21.3. The molecule has 108 valence electrons. The van der Waals surface area contributed by atoms with E-state index in [9.17, 15) is 9.59 Å². The molecule has 1 fully saturated rings. The van der Waals surface area contributed by atoms with E-state index in [2.05, 4.69) is 5.32 Å². The molecule has 1 aliphatic rings. The number of carbonyl (C=O) groups is 2. The molecule has 1 aliphatic carbocycles. The molecule has 0 bridgehead atoms. The van der Waals surface area contributed by atoms with Crippen molar-refractivity contribution < 1.29 is 14.3 Å². The molecule has 0 saturated heterocycles. The van der Waals surface area contributed by atoms with Crippen LogP contribution in [0.15, 0.2) is 30.3 Å². The molecule has 0 heterocycles. The fourth-order valence-corrected chi connectivity index (χ4v) is 2.59. The third kappa shape index (κ3) is 3.83. The molecule has 0 aromatic heterocycles. The van der Waals surface area contributed by atoms with Gasteiger partial charge in [0.1, 0.15) is 12.4 Å². The van der Waals surface area contributed by atoms with E-state index in [-0.39, 0.29) is 23.8 Å². The van der Waals surface area contributed by atoms with Crippen LogP contribution in [-0.4, -0.2) is 17.9 Å². The summed E-state index contributed by atoms with van der Waals surface area (Å²) in [5.74, 6) is 0.269. The van der Waals surface area contributed by atoms with Gasteiger partial charge in [0.25, 0.3) is 0 Å². The van der Waals surface area contributed by atoms with Crippen LogP contribution >= 0.6 is 0 Å². The lowest BCUT2D eigenvalue weighted by Crippen LogP contribution is -2.48. The second-order valence-corrected chi connectivity index (χ2v) is 6.00. The Morgan fingerprint density at radius 2 is 2.05 bits per heavy atom. The monoisotopic (exact) mass is 275 g/mol. The zero-order valence-corrected chi connectivity index (χ0v) is 12.0. The van der Waals surface area contributed by atoms with Gasteiger partial charge in [-0.05, 0) is 17.4 Å². The molecular weight excluding hydrogens is 254 g/mol. The zero-order valence-electron chi connectivity index (χ0n) is 12.0. The molecule has 2 rings (SSSR count). The van der Waals surface area contributed by atoms with Gasteiger partial charge in [-0.15, -0.1) is 0 Å². The molecule has 0 radical (unpaired) electrons. The van der Waals surface area contributed by atoms with Crippen LogP contribution in [0.3, 0.4) is 0 Å². The van der Waals surface area contributed by atoms with Gasteiger partial charge < -0.3 is 10.1 Å². The van der Waals surface area contributed by atoms with Crippen molar-refractivity contribution in [3.63, 3.8) is 0 Å². The average Bonchev–Trinajstić information content (AvgIpc) is 2.40. The summed E-state index contributed by atoms with van der Waals surface area (Å²) in [7, 11) is 0. The smallest absolute Gasteiger partial charge is 0.407 e. The summed E-state index contributed by atoms with van der Waals surface area (Å²) in [5, 5.41) is 2.89. The SMILES string of the molecule is CC1(C)CC(=O)CC[C@H]1NC(=O)OCc1ccccc1. The Morgan fingerprint density at radius 1 is 1.35 bits per heavy atom. The molecule has 4 heteroatoms. The lowest BCUT2D eigenvalue weighted by atomic mass is 9.73. The van der Waals surface area contributed by atoms with Gasteiger partial charge in [-0.3, -0.25) is 4.79 Å². The van der Waals surface area contributed by atoms with E-state index in [1.807, 2.05) is 44.2 Å². The van der Waals surface area contributed by atoms with Crippen molar-refractivity contribution in [3.05, 3.63) is 35.9 Å². The highest BCUT2D eigenvalue weighted by Crippen LogP contribution is 2.33. The van der Waals surface area contributed by atoms with Crippen LogP contribution in [0.1, 0.15) is 38.7 Å². The van der Waals surface area contributed by atoms with Crippen molar-refractivity contribution in [1.29, 1.82) is 0 Å². The van der Waals surface area contributed by atoms with Crippen molar-refractivity contribution >= 4 is 11.9 Å². The van der Waals surface area contributed by atoms with E-state index >= 15 is 0 Å². The number of amides is 1. The molecule has 0 spiro atoms. The van der Waals surface area contributed by atoms with E-state index in [1.165, 1.54) is 0 Å². The van der Waals surface area contributed by atoms with Crippen molar-refractivity contribution in [1.82, 2.24) is 5.32 Å². The number of nitrogens with one attached hydrogen (secondary N) is 1. The first-order valence-corrected chi connectivity index (χ1v) is 6.96. The molecule has 0 aliphatic heterocycles. The number of benzene rings is 1. The molecule has 1 amide bonds. The summed E-state index contributed by atoms with van der Waals surface area (Å²) >= 11 is 0. The van der Waals surface area contributed by atoms with E-state index in [1.54, 1.807) is 0 Å². The Labute approximate surface area is 119 Å². The second-order valence-electron chi connectivity index (χ2n) is 6.00. The number of ether oxygens (including phenoxy) is 1. The first-order valence-electron chi connectivity index (χ1n) is 6.96. The number of hydrogen-bond donors (Lipinski definition) is 1. The highest BCUT2D eigenvalue weighted by atomic mass is 16.5. The minimum atomic E-state index is -0.415. The van der Waals surface area contributed by atoms with Crippen molar-refractivity contribution in [2.75, 3.05) is 0 Å². The lowest BCUT2D eigenvalue weighted by molar-refractivity contribution is -0.123. The van der Waals surface area contributed by atoms with Gasteiger partial charge in [0.05, 0.1) is 0 Å². The van der Waals surface area contributed by atoms with Gasteiger partial charge in [0, 0.05) is 18.9 Å². The molecular formula is C16H21NO3. The topological polar surface area (TPSA) is 55.4 Å². The Hall–Kier alpha value is -1.84. The molecule has 20 heavy (non-hydrogen) atoms. The standard InChI is InChI=1S/C16H21NO3/c1-16(2)10-13(18)8-9-14(16)17-15(19)20-11-12-6-4-3-5-7-12/h3-7,14H,8-11H2,1-2H3,(H,17,19)/t14-/m1/s1. The van der Waals surface area contributed by atoms with Crippen LogP contribution in [0.2, 0.25) is 0 Å². The Balaban J connectivity index is 1.84. The van der Waals surface area contributed by atoms with Crippen molar-refractivity contribution in [2.24, 2.45) is 5.41 Å². The molecule has 1 saturated carbocycles. The molecule has 4 nitrogen and oxygen atoms in total. The number of alkyl carbamates (subject to hydrolysis) is 1. The fourth-order valence-electron chi connectivity index (χ4n) is 2.59. The molecule has 1 atom stereocenters. The predicted molar refractivity (Wildman–Crippen MR) is 76.2 cm³/mol. The van der Waals surface area contributed by atoms with Crippen LogP contribution in [0, 0.1) is 5.41 Å². The van der Waals surface area contributed by atoms with E-state index < -0.39 is 6.09 Å². The zero-order chi connectivity index (χ0) is 14.6. The molecule has 1 aromatic rings. The van der Waals surface area contributed by atoms with E-state index in [0.717, 1.165) is 5.56 Å². The highest BCUT2D eigenvalue weighted by molar-refractivity contribution is 5.80. The number of hydrogen-bond acceptors (Lipinski definition) is 3. The summed E-state index contributed by atoms with van der Waals surface area (Å²) in [5.41, 5.74) is 0.752. The van der Waals surface area contributed by atoms with E-state index in [4.69, 9.17) is 4.74 Å². The maximum Gasteiger partial charge on any atom is 0.407 e. The maximum atomic E-state index is 11.8. The molecule has 1 aromatic carbocycles. The van der Waals surface area contributed by atoms with Crippen LogP contribution in [0.5, 0.6) is 0 Å². The number of carbonyl (C=O) groups excluding carboxylic acids is 2. The van der Waals surface area contributed by atoms with Gasteiger partial charge in [-0.2, -0.15) is 0 Å². The van der Waals surface area contributed by atoms with Gasteiger partial charge in [0.2, 0.25) is 0 Å². The Bertz CT molecular complexity index is 482. The lowest BCUT2D eigenvalue weighted by Gasteiger charge is -2.37. The van der Waals surface area contributed by atoms with Gasteiger partial charge in [-0.1, -0.05) is 44.2 Å². The number of rotatable bonds is 3. The van der Waals surface area contributed by atoms with Crippen molar-refractivity contribution in [2.45, 2.75) is 45.8 Å². The highest BCUT2D eigenvalue weighted by Gasteiger charge is 2.37. The minimum Gasteiger partial charge on any atom is -0.445 e. The number of ketones is 1. The first kappa shape index (κ1) is 14.6. The minimum absolute atomic E-state index is 0.0107. The first-order chi connectivity index (χ1) is 9.47. The second kappa shape index (κ2) is 6.07. The summed E-state index contributed by atoms with van der Waals surface area (Å²) in [6, 6.07) is 9.56. The third-order valence-electron chi connectivity index (χ3n) is 3.81. The van der Waals surface area contributed by atoms with Crippen LogP contribution in [0.25, 0.3) is 0 Å². The van der Waals surface area contributed by atoms with Crippen molar-refractivity contribution in [3.8, 4) is 0 Å². The summed E-state index contributed by atoms with van der Waals surface area (Å²) in [6.07, 6.45) is 1.32. The third-order valence-corrected chi connectivity index (χ3v) is 3.81. The Morgan fingerprint density at radius 3 is 2.70 bits per heavy atom. The summed E-state index contributed by atoms with van der Waals surface area (Å²) in [6.45, 7) is 4.27. The maximum absolute atomic E-state index is 11.8. The average molecular weight is 275 g/mol. The summed E-state index contributed by atoms with van der Waals surface area (Å²) < 4.78 is 5.22. The van der Waals surface area contributed by atoms with Crippen LogP contribution < -0.4 is 5.32 Å². The van der Waals surface area contributed by atoms with Gasteiger partial charge in [0.15, 0.2) is 0 Å². The van der Waals surface area contributed by atoms with E-state index in [0.29, 0.717) is 19.3 Å². The van der Waals surface area contributed by atoms with Gasteiger partial charge in [-0.25, -0.2) is 4.79 Å². The molecule has 1 N–H and O–H groups in total. The van der Waals surface area contributed by atoms with Gasteiger partial charge >= 0.3 is 6.09 Å². The summed E-state index contributed by atoms with van der Waals surface area (Å²) in [4.78, 5) is 23.3. The quantitative estimate of drug-likeness (QED) is 0.922. The Kier molecular flexibility index (Phi) is 4.42. The largest absolute Gasteiger partial charge is 0.445 e. The number of Topliss-reactive ketones (excluding diaryl/α,β-unsaturated/α-hetero) is 1. The van der Waals surface area contributed by atoms with Crippen LogP contribution in [0.4, 0.5) is 4.79 Å². The molecule has 0 unspecified atom stereocenters. The fraction of sp³-hybridized carbons (Fsp3) is 0.500. The predicted octanol–water partition coefficient (Wildman–Crippen LogP) is 3.06. The van der Waals surface area contributed by atoms with Crippen LogP contribution in [-0.2, 0) is 16.1 Å².